The van der Waals surface area contributed by atoms with Gasteiger partial charge >= 0.3 is 0 Å². The highest BCUT2D eigenvalue weighted by Gasteiger charge is 2.03. The van der Waals surface area contributed by atoms with E-state index in [1.165, 1.54) is 0 Å². The molecule has 0 aromatic heterocycles. The summed E-state index contributed by atoms with van der Waals surface area (Å²) in [5.74, 6) is 1.67. The van der Waals surface area contributed by atoms with Gasteiger partial charge in [0.1, 0.15) is 5.84 Å². The molecule has 94 valence electrons. The number of benzene rings is 1. The summed E-state index contributed by atoms with van der Waals surface area (Å²) in [7, 11) is 0. The zero-order chi connectivity index (χ0) is 12.5. The van der Waals surface area contributed by atoms with E-state index >= 15 is 0 Å². The normalized spacial score (nSPS) is 11.2. The van der Waals surface area contributed by atoms with E-state index in [0.717, 1.165) is 5.75 Å². The van der Waals surface area contributed by atoms with Gasteiger partial charge in [0.25, 0.3) is 0 Å². The summed E-state index contributed by atoms with van der Waals surface area (Å²) in [5, 5.41) is 11.3. The van der Waals surface area contributed by atoms with Crippen LogP contribution in [0.4, 0.5) is 0 Å². The zero-order valence-electron chi connectivity index (χ0n) is 9.93. The number of para-hydroxylation sites is 2. The number of oxime groups is 1. The standard InChI is InChI=1S/C12H18N2O3/c1-2-16-10-6-3-4-7-11(10)17-9-5-8-12(13)14-15/h3-4,6-7,15H,2,5,8-9H2,1H3,(H2,13,14). The van der Waals surface area contributed by atoms with Crippen molar-refractivity contribution in [2.24, 2.45) is 10.9 Å². The molecular formula is C12H18N2O3. The van der Waals surface area contributed by atoms with Crippen molar-refractivity contribution in [3.05, 3.63) is 24.3 Å². The zero-order valence-corrected chi connectivity index (χ0v) is 9.93. The number of hydrogen-bond acceptors (Lipinski definition) is 4. The van der Waals surface area contributed by atoms with Crippen LogP contribution in [-0.2, 0) is 0 Å². The Bertz CT molecular complexity index is 367. The second-order valence-electron chi connectivity index (χ2n) is 3.42. The molecule has 0 radical (unpaired) electrons. The van der Waals surface area contributed by atoms with E-state index in [1.54, 1.807) is 0 Å². The van der Waals surface area contributed by atoms with Gasteiger partial charge in [0.15, 0.2) is 11.5 Å². The molecule has 0 aliphatic carbocycles. The highest BCUT2D eigenvalue weighted by molar-refractivity contribution is 5.79. The summed E-state index contributed by atoms with van der Waals surface area (Å²) in [6.45, 7) is 3.03. The van der Waals surface area contributed by atoms with Gasteiger partial charge in [-0.25, -0.2) is 0 Å². The van der Waals surface area contributed by atoms with Crippen molar-refractivity contribution in [1.29, 1.82) is 0 Å². The summed E-state index contributed by atoms with van der Waals surface area (Å²) in [6.07, 6.45) is 1.20. The van der Waals surface area contributed by atoms with Crippen molar-refractivity contribution in [2.75, 3.05) is 13.2 Å². The Balaban J connectivity index is 2.40. The third kappa shape index (κ3) is 4.63. The van der Waals surface area contributed by atoms with Crippen LogP contribution >= 0.6 is 0 Å². The summed E-state index contributed by atoms with van der Waals surface area (Å²) in [4.78, 5) is 0. The fourth-order valence-electron chi connectivity index (χ4n) is 1.33. The first-order valence-electron chi connectivity index (χ1n) is 5.59. The van der Waals surface area contributed by atoms with Crippen molar-refractivity contribution in [3.63, 3.8) is 0 Å². The third-order valence-corrected chi connectivity index (χ3v) is 2.11. The van der Waals surface area contributed by atoms with Crippen molar-refractivity contribution in [3.8, 4) is 11.5 Å². The Morgan fingerprint density at radius 2 is 1.94 bits per heavy atom. The first-order chi connectivity index (χ1) is 8.27. The SMILES string of the molecule is CCOc1ccccc1OCCC/C(N)=N/O. The van der Waals surface area contributed by atoms with Crippen LogP contribution in [-0.4, -0.2) is 24.3 Å². The van der Waals surface area contributed by atoms with Gasteiger partial charge in [0.2, 0.25) is 0 Å². The van der Waals surface area contributed by atoms with Crippen molar-refractivity contribution in [1.82, 2.24) is 0 Å². The molecular weight excluding hydrogens is 220 g/mol. The van der Waals surface area contributed by atoms with E-state index in [0.29, 0.717) is 31.8 Å². The monoisotopic (exact) mass is 238 g/mol. The molecule has 0 unspecified atom stereocenters. The van der Waals surface area contributed by atoms with E-state index in [9.17, 15) is 0 Å². The van der Waals surface area contributed by atoms with Crippen LogP contribution in [0.25, 0.3) is 0 Å². The van der Waals surface area contributed by atoms with Gasteiger partial charge in [-0.15, -0.1) is 0 Å². The van der Waals surface area contributed by atoms with Gasteiger partial charge in [-0.1, -0.05) is 17.3 Å². The molecule has 1 rings (SSSR count). The first-order valence-corrected chi connectivity index (χ1v) is 5.59. The number of nitrogens with two attached hydrogens (primary N) is 1. The molecule has 0 heterocycles. The Kier molecular flexibility index (Phi) is 5.71. The molecule has 5 heteroatoms. The molecule has 3 N–H and O–H groups in total. The fraction of sp³-hybridized carbons (Fsp3) is 0.417. The molecule has 1 aromatic carbocycles. The van der Waals surface area contributed by atoms with E-state index in [2.05, 4.69) is 5.16 Å². The number of nitrogens with zero attached hydrogens (tertiary/aromatic N) is 1. The van der Waals surface area contributed by atoms with Crippen LogP contribution in [0.3, 0.4) is 0 Å². The van der Waals surface area contributed by atoms with Crippen LogP contribution in [0.2, 0.25) is 0 Å². The maximum Gasteiger partial charge on any atom is 0.161 e. The lowest BCUT2D eigenvalue weighted by Crippen LogP contribution is -2.12. The van der Waals surface area contributed by atoms with Gasteiger partial charge in [0.05, 0.1) is 13.2 Å². The van der Waals surface area contributed by atoms with Crippen LogP contribution in [0.1, 0.15) is 19.8 Å². The summed E-state index contributed by atoms with van der Waals surface area (Å²) < 4.78 is 11.0. The van der Waals surface area contributed by atoms with Gasteiger partial charge in [-0.3, -0.25) is 0 Å². The predicted molar refractivity (Wildman–Crippen MR) is 65.7 cm³/mol. The van der Waals surface area contributed by atoms with Crippen molar-refractivity contribution >= 4 is 5.84 Å². The van der Waals surface area contributed by atoms with E-state index < -0.39 is 0 Å². The second kappa shape index (κ2) is 7.38. The van der Waals surface area contributed by atoms with Gasteiger partial charge in [-0.2, -0.15) is 0 Å². The topological polar surface area (TPSA) is 77.1 Å². The predicted octanol–water partition coefficient (Wildman–Crippen LogP) is 1.99. The second-order valence-corrected chi connectivity index (χ2v) is 3.42. The number of hydrogen-bond donors (Lipinski definition) is 2. The highest BCUT2D eigenvalue weighted by atomic mass is 16.5. The minimum absolute atomic E-state index is 0.215. The molecule has 0 saturated carbocycles. The fourth-order valence-corrected chi connectivity index (χ4v) is 1.33. The Morgan fingerprint density at radius 1 is 1.29 bits per heavy atom. The number of ether oxygens (including phenoxy) is 2. The van der Waals surface area contributed by atoms with Crippen LogP contribution in [0.5, 0.6) is 11.5 Å². The number of amidine groups is 1. The molecule has 0 amide bonds. The molecule has 0 atom stereocenters. The molecule has 5 nitrogen and oxygen atoms in total. The number of rotatable bonds is 7. The molecule has 1 aromatic rings. The Hall–Kier alpha value is -1.91. The summed E-state index contributed by atoms with van der Waals surface area (Å²) in [6, 6.07) is 7.51. The minimum Gasteiger partial charge on any atom is -0.490 e. The maximum atomic E-state index is 8.37. The summed E-state index contributed by atoms with van der Waals surface area (Å²) in [5.41, 5.74) is 5.35. The van der Waals surface area contributed by atoms with Crippen molar-refractivity contribution < 1.29 is 14.7 Å². The molecule has 0 aliphatic heterocycles. The van der Waals surface area contributed by atoms with Gasteiger partial charge in [0, 0.05) is 6.42 Å². The average molecular weight is 238 g/mol. The molecule has 0 saturated heterocycles. The van der Waals surface area contributed by atoms with E-state index in [-0.39, 0.29) is 5.84 Å². The molecule has 0 fully saturated rings. The van der Waals surface area contributed by atoms with Crippen LogP contribution in [0.15, 0.2) is 29.4 Å². The minimum atomic E-state index is 0.215. The highest BCUT2D eigenvalue weighted by Crippen LogP contribution is 2.26. The summed E-state index contributed by atoms with van der Waals surface area (Å²) >= 11 is 0. The molecule has 0 spiro atoms. The molecule has 0 bridgehead atoms. The van der Waals surface area contributed by atoms with Gasteiger partial charge < -0.3 is 20.4 Å². The third-order valence-electron chi connectivity index (χ3n) is 2.11. The largest absolute Gasteiger partial charge is 0.490 e. The quantitative estimate of drug-likeness (QED) is 0.250. The smallest absolute Gasteiger partial charge is 0.161 e. The van der Waals surface area contributed by atoms with E-state index in [1.807, 2.05) is 31.2 Å². The Morgan fingerprint density at radius 3 is 2.53 bits per heavy atom. The van der Waals surface area contributed by atoms with Crippen molar-refractivity contribution in [2.45, 2.75) is 19.8 Å². The molecule has 0 aliphatic rings. The lowest BCUT2D eigenvalue weighted by Gasteiger charge is -2.11. The van der Waals surface area contributed by atoms with Gasteiger partial charge in [-0.05, 0) is 25.5 Å². The van der Waals surface area contributed by atoms with Crippen LogP contribution < -0.4 is 15.2 Å². The average Bonchev–Trinajstić information content (AvgIpc) is 2.36. The van der Waals surface area contributed by atoms with E-state index in [4.69, 9.17) is 20.4 Å². The lowest BCUT2D eigenvalue weighted by molar-refractivity contribution is 0.274. The first kappa shape index (κ1) is 13.2. The molecule has 17 heavy (non-hydrogen) atoms. The lowest BCUT2D eigenvalue weighted by atomic mass is 10.3. The van der Waals surface area contributed by atoms with Crippen LogP contribution in [0, 0.1) is 0 Å². The maximum absolute atomic E-state index is 8.37. The Labute approximate surface area is 101 Å².